The largest absolute Gasteiger partial charge is 0.361 e. The molecule has 1 aromatic carbocycles. The van der Waals surface area contributed by atoms with Gasteiger partial charge in [-0.1, -0.05) is 24.3 Å². The average Bonchev–Trinajstić information content (AvgIpc) is 3.17. The predicted molar refractivity (Wildman–Crippen MR) is 93.4 cm³/mol. The molecule has 4 heteroatoms. The Morgan fingerprint density at radius 1 is 1.32 bits per heavy atom. The molecule has 1 aliphatic rings. The number of nitrogens with one attached hydrogen (secondary N) is 3. The summed E-state index contributed by atoms with van der Waals surface area (Å²) in [6.07, 6.45) is 9.72. The fourth-order valence-electron chi connectivity index (χ4n) is 3.09. The normalized spacial score (nSPS) is 15.6. The molecule has 1 aromatic heterocycles. The fraction of sp³-hybridized carbons (Fsp3) is 0.389. The number of aromatic nitrogens is 1. The minimum atomic E-state index is 0.488. The van der Waals surface area contributed by atoms with Crippen molar-refractivity contribution >= 4 is 16.9 Å². The third-order valence-electron chi connectivity index (χ3n) is 4.25. The van der Waals surface area contributed by atoms with Crippen molar-refractivity contribution in [3.05, 3.63) is 47.7 Å². The first-order chi connectivity index (χ1) is 10.8. The van der Waals surface area contributed by atoms with E-state index in [0.717, 1.165) is 31.8 Å². The second-order valence-electron chi connectivity index (χ2n) is 5.84. The molecule has 3 rings (SSSR count). The first-order valence-electron chi connectivity index (χ1n) is 7.95. The number of rotatable bonds is 4. The van der Waals surface area contributed by atoms with E-state index in [-0.39, 0.29) is 0 Å². The number of hydrogen-bond donors (Lipinski definition) is 3. The number of aliphatic imine (C=N–C) groups is 1. The molecule has 0 radical (unpaired) electrons. The van der Waals surface area contributed by atoms with Gasteiger partial charge in [0.1, 0.15) is 0 Å². The Hall–Kier alpha value is -2.23. The first kappa shape index (κ1) is 14.7. The zero-order chi connectivity index (χ0) is 15.4. The number of H-pyrrole nitrogens is 1. The van der Waals surface area contributed by atoms with Crippen LogP contribution in [0.2, 0.25) is 0 Å². The summed E-state index contributed by atoms with van der Waals surface area (Å²) in [5.41, 5.74) is 3.90. The molecule has 0 unspecified atom stereocenters. The van der Waals surface area contributed by atoms with Crippen LogP contribution in [0.5, 0.6) is 0 Å². The van der Waals surface area contributed by atoms with Gasteiger partial charge in [-0.2, -0.15) is 0 Å². The van der Waals surface area contributed by atoms with Crippen molar-refractivity contribution in [3.63, 3.8) is 0 Å². The number of nitrogens with zero attached hydrogens (tertiary/aromatic N) is 1. The van der Waals surface area contributed by atoms with Crippen molar-refractivity contribution in [1.29, 1.82) is 0 Å². The number of guanidine groups is 1. The standard InChI is InChI=1S/C18H24N4/c1-13-6-5-9-16-17(13)14(12-21-16)10-11-20-18(19-2)22-15-7-3-4-8-15/h3-6,9,12,15,21H,7-8,10-11H2,1-2H3,(H2,19,20,22). The minimum Gasteiger partial charge on any atom is -0.361 e. The molecule has 0 atom stereocenters. The molecule has 1 aliphatic carbocycles. The van der Waals surface area contributed by atoms with Crippen molar-refractivity contribution in [2.45, 2.75) is 32.2 Å². The van der Waals surface area contributed by atoms with Crippen LogP contribution in [-0.2, 0) is 6.42 Å². The predicted octanol–water partition coefficient (Wildman–Crippen LogP) is 2.90. The minimum absolute atomic E-state index is 0.488. The Labute approximate surface area is 131 Å². The van der Waals surface area contributed by atoms with E-state index in [2.05, 4.69) is 64.1 Å². The van der Waals surface area contributed by atoms with Crippen molar-refractivity contribution in [1.82, 2.24) is 15.6 Å². The third kappa shape index (κ3) is 3.16. The second kappa shape index (κ2) is 6.69. The van der Waals surface area contributed by atoms with Crippen LogP contribution in [0.15, 0.2) is 41.5 Å². The van der Waals surface area contributed by atoms with Gasteiger partial charge in [0.2, 0.25) is 0 Å². The lowest BCUT2D eigenvalue weighted by atomic mass is 10.1. The molecule has 2 aromatic rings. The Bertz CT molecular complexity index is 688. The quantitative estimate of drug-likeness (QED) is 0.461. The number of aromatic amines is 1. The molecule has 0 spiro atoms. The Morgan fingerprint density at radius 3 is 2.91 bits per heavy atom. The van der Waals surface area contributed by atoms with Crippen LogP contribution < -0.4 is 10.6 Å². The molecule has 0 fully saturated rings. The topological polar surface area (TPSA) is 52.2 Å². The Balaban J connectivity index is 1.57. The van der Waals surface area contributed by atoms with Gasteiger partial charge in [-0.05, 0) is 43.4 Å². The summed E-state index contributed by atoms with van der Waals surface area (Å²) >= 11 is 0. The fourth-order valence-corrected chi connectivity index (χ4v) is 3.09. The zero-order valence-corrected chi connectivity index (χ0v) is 13.3. The van der Waals surface area contributed by atoms with Gasteiger partial charge in [-0.15, -0.1) is 0 Å². The van der Waals surface area contributed by atoms with Gasteiger partial charge in [0.15, 0.2) is 5.96 Å². The van der Waals surface area contributed by atoms with Gasteiger partial charge < -0.3 is 15.6 Å². The molecule has 0 bridgehead atoms. The van der Waals surface area contributed by atoms with E-state index in [1.54, 1.807) is 0 Å². The number of hydrogen-bond acceptors (Lipinski definition) is 1. The van der Waals surface area contributed by atoms with Gasteiger partial charge in [0.05, 0.1) is 0 Å². The lowest BCUT2D eigenvalue weighted by Gasteiger charge is -2.16. The third-order valence-corrected chi connectivity index (χ3v) is 4.25. The van der Waals surface area contributed by atoms with Gasteiger partial charge in [-0.3, -0.25) is 4.99 Å². The Kier molecular flexibility index (Phi) is 4.47. The van der Waals surface area contributed by atoms with Crippen molar-refractivity contribution in [3.8, 4) is 0 Å². The molecular weight excluding hydrogens is 272 g/mol. The van der Waals surface area contributed by atoms with E-state index >= 15 is 0 Å². The van der Waals surface area contributed by atoms with Crippen molar-refractivity contribution in [2.24, 2.45) is 4.99 Å². The lowest BCUT2D eigenvalue weighted by molar-refractivity contribution is 0.633. The van der Waals surface area contributed by atoms with Crippen LogP contribution in [0.4, 0.5) is 0 Å². The first-order valence-corrected chi connectivity index (χ1v) is 7.95. The summed E-state index contributed by atoms with van der Waals surface area (Å²) in [5, 5.41) is 8.23. The van der Waals surface area contributed by atoms with Crippen LogP contribution in [0.25, 0.3) is 10.9 Å². The molecule has 0 amide bonds. The molecule has 0 saturated heterocycles. The maximum absolute atomic E-state index is 4.31. The maximum atomic E-state index is 4.31. The number of benzene rings is 1. The molecule has 0 aliphatic heterocycles. The maximum Gasteiger partial charge on any atom is 0.191 e. The highest BCUT2D eigenvalue weighted by atomic mass is 15.2. The molecule has 22 heavy (non-hydrogen) atoms. The highest BCUT2D eigenvalue weighted by molar-refractivity contribution is 5.86. The highest BCUT2D eigenvalue weighted by Crippen LogP contribution is 2.22. The summed E-state index contributed by atoms with van der Waals surface area (Å²) in [6.45, 7) is 3.04. The van der Waals surface area contributed by atoms with Crippen LogP contribution in [0.3, 0.4) is 0 Å². The van der Waals surface area contributed by atoms with Crippen LogP contribution in [0, 0.1) is 6.92 Å². The zero-order valence-electron chi connectivity index (χ0n) is 13.3. The number of aryl methyl sites for hydroxylation is 1. The van der Waals surface area contributed by atoms with E-state index in [1.165, 1.54) is 22.0 Å². The summed E-state index contributed by atoms with van der Waals surface area (Å²) in [6, 6.07) is 6.88. The summed E-state index contributed by atoms with van der Waals surface area (Å²) < 4.78 is 0. The molecule has 4 nitrogen and oxygen atoms in total. The van der Waals surface area contributed by atoms with Gasteiger partial charge in [0, 0.05) is 36.7 Å². The lowest BCUT2D eigenvalue weighted by Crippen LogP contribution is -2.43. The Morgan fingerprint density at radius 2 is 2.14 bits per heavy atom. The van der Waals surface area contributed by atoms with Crippen molar-refractivity contribution < 1.29 is 0 Å². The van der Waals surface area contributed by atoms with E-state index in [1.807, 2.05) is 7.05 Å². The molecule has 1 heterocycles. The average molecular weight is 296 g/mol. The monoisotopic (exact) mass is 296 g/mol. The molecular formula is C18H24N4. The summed E-state index contributed by atoms with van der Waals surface area (Å²) in [4.78, 5) is 7.67. The van der Waals surface area contributed by atoms with Crippen LogP contribution >= 0.6 is 0 Å². The van der Waals surface area contributed by atoms with Gasteiger partial charge in [-0.25, -0.2) is 0 Å². The smallest absolute Gasteiger partial charge is 0.191 e. The molecule has 3 N–H and O–H groups in total. The summed E-state index contributed by atoms with van der Waals surface area (Å²) in [5.74, 6) is 0.894. The number of fused-ring (bicyclic) bond motifs is 1. The molecule has 116 valence electrons. The summed E-state index contributed by atoms with van der Waals surface area (Å²) in [7, 11) is 1.83. The second-order valence-corrected chi connectivity index (χ2v) is 5.84. The SMILES string of the molecule is CN=C(NCCc1c[nH]c2cccc(C)c12)NC1CC=CC1. The molecule has 0 saturated carbocycles. The van der Waals surface area contributed by atoms with E-state index in [0.29, 0.717) is 6.04 Å². The van der Waals surface area contributed by atoms with E-state index in [4.69, 9.17) is 0 Å². The highest BCUT2D eigenvalue weighted by Gasteiger charge is 2.11. The van der Waals surface area contributed by atoms with Gasteiger partial charge >= 0.3 is 0 Å². The van der Waals surface area contributed by atoms with Crippen molar-refractivity contribution in [2.75, 3.05) is 13.6 Å². The van der Waals surface area contributed by atoms with E-state index in [9.17, 15) is 0 Å². The van der Waals surface area contributed by atoms with E-state index < -0.39 is 0 Å². The van der Waals surface area contributed by atoms with Crippen LogP contribution in [-0.4, -0.2) is 30.6 Å². The van der Waals surface area contributed by atoms with Gasteiger partial charge in [0.25, 0.3) is 0 Å². The van der Waals surface area contributed by atoms with Crippen LogP contribution in [0.1, 0.15) is 24.0 Å².